The smallest absolute Gasteiger partial charge is 0.195 e. The van der Waals surface area contributed by atoms with Crippen molar-refractivity contribution in [3.8, 4) is 0 Å². The molecule has 0 atom stereocenters. The molecule has 0 aliphatic heterocycles. The Balaban J connectivity index is 2.13. The molecule has 2 heterocycles. The summed E-state index contributed by atoms with van der Waals surface area (Å²) in [5.41, 5.74) is 1.92. The van der Waals surface area contributed by atoms with Gasteiger partial charge in [-0.3, -0.25) is 9.48 Å². The van der Waals surface area contributed by atoms with E-state index in [0.717, 1.165) is 22.6 Å². The molecular formula is C14H16N2OS. The lowest BCUT2D eigenvalue weighted by Crippen LogP contribution is -1.88. The number of hydrogen-bond acceptors (Lipinski definition) is 3. The van der Waals surface area contributed by atoms with E-state index in [0.29, 0.717) is 0 Å². The maximum absolute atomic E-state index is 12.0. The second-order valence-electron chi connectivity index (χ2n) is 4.16. The zero-order chi connectivity index (χ0) is 13.1. The molecule has 4 heteroatoms. The van der Waals surface area contributed by atoms with Gasteiger partial charge in [0.15, 0.2) is 5.78 Å². The Bertz CT molecular complexity index is 593. The lowest BCUT2D eigenvalue weighted by Gasteiger charge is -1.89. The molecule has 0 bridgehead atoms. The second kappa shape index (κ2) is 5.31. The number of ketones is 1. The zero-order valence-corrected chi connectivity index (χ0v) is 11.6. The molecule has 0 fully saturated rings. The molecular weight excluding hydrogens is 244 g/mol. The van der Waals surface area contributed by atoms with Crippen LogP contribution < -0.4 is 0 Å². The molecule has 0 saturated heterocycles. The van der Waals surface area contributed by atoms with Gasteiger partial charge in [0.25, 0.3) is 0 Å². The molecule has 2 aromatic heterocycles. The average Bonchev–Trinajstić information content (AvgIpc) is 2.93. The van der Waals surface area contributed by atoms with Crippen molar-refractivity contribution in [3.05, 3.63) is 45.4 Å². The Labute approximate surface area is 111 Å². The average molecular weight is 260 g/mol. The van der Waals surface area contributed by atoms with Crippen LogP contribution >= 0.6 is 11.3 Å². The molecule has 0 aromatic carbocycles. The van der Waals surface area contributed by atoms with Crippen molar-refractivity contribution in [2.75, 3.05) is 0 Å². The van der Waals surface area contributed by atoms with E-state index in [-0.39, 0.29) is 5.78 Å². The third-order valence-corrected chi connectivity index (χ3v) is 3.96. The molecule has 0 aliphatic rings. The van der Waals surface area contributed by atoms with Crippen LogP contribution in [0.25, 0.3) is 6.08 Å². The lowest BCUT2D eigenvalue weighted by molar-refractivity contribution is 0.105. The summed E-state index contributed by atoms with van der Waals surface area (Å²) in [6.45, 7) is 4.03. The van der Waals surface area contributed by atoms with Crippen molar-refractivity contribution in [1.29, 1.82) is 0 Å². The summed E-state index contributed by atoms with van der Waals surface area (Å²) in [7, 11) is 1.87. The van der Waals surface area contributed by atoms with E-state index >= 15 is 0 Å². The van der Waals surface area contributed by atoms with Gasteiger partial charge < -0.3 is 0 Å². The first-order valence-corrected chi connectivity index (χ1v) is 6.73. The molecule has 18 heavy (non-hydrogen) atoms. The van der Waals surface area contributed by atoms with Gasteiger partial charge in [-0.1, -0.05) is 6.92 Å². The number of carbonyl (C=O) groups is 1. The van der Waals surface area contributed by atoms with E-state index in [1.807, 2.05) is 38.4 Å². The number of carbonyl (C=O) groups excluding carboxylic acids is 1. The third-order valence-electron chi connectivity index (χ3n) is 2.72. The molecule has 0 N–H and O–H groups in total. The highest BCUT2D eigenvalue weighted by atomic mass is 32.1. The standard InChI is InChI=1S/C14H16N2OS/c1-4-12-6-8-14(18-12)13(17)7-5-11-9-16(3)15-10(11)2/h5-9H,4H2,1-3H3/b7-5+. The number of rotatable bonds is 4. The van der Waals surface area contributed by atoms with Gasteiger partial charge in [-0.2, -0.15) is 5.10 Å². The summed E-state index contributed by atoms with van der Waals surface area (Å²) < 4.78 is 1.75. The van der Waals surface area contributed by atoms with Gasteiger partial charge in [0.1, 0.15) is 0 Å². The minimum atomic E-state index is 0.0583. The van der Waals surface area contributed by atoms with E-state index in [1.54, 1.807) is 22.1 Å². The van der Waals surface area contributed by atoms with Crippen LogP contribution in [0, 0.1) is 6.92 Å². The van der Waals surface area contributed by atoms with Crippen molar-refractivity contribution >= 4 is 23.2 Å². The van der Waals surface area contributed by atoms with Crippen molar-refractivity contribution in [1.82, 2.24) is 9.78 Å². The van der Waals surface area contributed by atoms with Crippen LogP contribution in [0.5, 0.6) is 0 Å². The fraction of sp³-hybridized carbons (Fsp3) is 0.286. The summed E-state index contributed by atoms with van der Waals surface area (Å²) in [6.07, 6.45) is 6.33. The second-order valence-corrected chi connectivity index (χ2v) is 5.33. The fourth-order valence-corrected chi connectivity index (χ4v) is 2.60. The maximum atomic E-state index is 12.0. The molecule has 94 valence electrons. The Morgan fingerprint density at radius 3 is 2.83 bits per heavy atom. The Morgan fingerprint density at radius 2 is 2.28 bits per heavy atom. The van der Waals surface area contributed by atoms with E-state index in [9.17, 15) is 4.79 Å². The molecule has 2 rings (SSSR count). The predicted molar refractivity (Wildman–Crippen MR) is 75.0 cm³/mol. The van der Waals surface area contributed by atoms with Crippen LogP contribution in [0.15, 0.2) is 24.4 Å². The molecule has 0 unspecified atom stereocenters. The van der Waals surface area contributed by atoms with Crippen molar-refractivity contribution in [2.24, 2.45) is 7.05 Å². The Morgan fingerprint density at radius 1 is 1.50 bits per heavy atom. The number of hydrogen-bond donors (Lipinski definition) is 0. The number of aromatic nitrogens is 2. The number of thiophene rings is 1. The minimum Gasteiger partial charge on any atom is -0.288 e. The summed E-state index contributed by atoms with van der Waals surface area (Å²) in [5, 5.41) is 4.24. The summed E-state index contributed by atoms with van der Waals surface area (Å²) in [5.74, 6) is 0.0583. The van der Waals surface area contributed by atoms with Crippen LogP contribution in [0.1, 0.15) is 32.7 Å². The first-order chi connectivity index (χ1) is 8.60. The molecule has 0 radical (unpaired) electrons. The van der Waals surface area contributed by atoms with Gasteiger partial charge in [-0.05, 0) is 37.6 Å². The topological polar surface area (TPSA) is 34.9 Å². The van der Waals surface area contributed by atoms with E-state index in [1.165, 1.54) is 4.88 Å². The van der Waals surface area contributed by atoms with E-state index < -0.39 is 0 Å². The normalized spacial score (nSPS) is 11.3. The van der Waals surface area contributed by atoms with Crippen LogP contribution in [-0.4, -0.2) is 15.6 Å². The Kier molecular flexibility index (Phi) is 3.77. The number of allylic oxidation sites excluding steroid dienone is 1. The van der Waals surface area contributed by atoms with Crippen molar-refractivity contribution in [3.63, 3.8) is 0 Å². The molecule has 0 aliphatic carbocycles. The van der Waals surface area contributed by atoms with Crippen LogP contribution in [0.4, 0.5) is 0 Å². The molecule has 3 nitrogen and oxygen atoms in total. The minimum absolute atomic E-state index is 0.0583. The van der Waals surface area contributed by atoms with Crippen molar-refractivity contribution < 1.29 is 4.79 Å². The van der Waals surface area contributed by atoms with Gasteiger partial charge >= 0.3 is 0 Å². The third kappa shape index (κ3) is 2.76. The number of nitrogens with zero attached hydrogens (tertiary/aromatic N) is 2. The van der Waals surface area contributed by atoms with Gasteiger partial charge in [-0.25, -0.2) is 0 Å². The van der Waals surface area contributed by atoms with Crippen LogP contribution in [-0.2, 0) is 13.5 Å². The highest BCUT2D eigenvalue weighted by Gasteiger charge is 2.06. The predicted octanol–water partition coefficient (Wildman–Crippen LogP) is 3.25. The van der Waals surface area contributed by atoms with Gasteiger partial charge in [0, 0.05) is 23.7 Å². The molecule has 0 amide bonds. The van der Waals surface area contributed by atoms with Gasteiger partial charge in [0.05, 0.1) is 10.6 Å². The lowest BCUT2D eigenvalue weighted by atomic mass is 10.2. The largest absolute Gasteiger partial charge is 0.288 e. The van der Waals surface area contributed by atoms with E-state index in [4.69, 9.17) is 0 Å². The first-order valence-electron chi connectivity index (χ1n) is 5.91. The molecule has 0 spiro atoms. The monoisotopic (exact) mass is 260 g/mol. The summed E-state index contributed by atoms with van der Waals surface area (Å²) in [4.78, 5) is 14.0. The van der Waals surface area contributed by atoms with Gasteiger partial charge in [-0.15, -0.1) is 11.3 Å². The summed E-state index contributed by atoms with van der Waals surface area (Å²) >= 11 is 1.56. The Hall–Kier alpha value is -1.68. The first kappa shape index (κ1) is 12.8. The van der Waals surface area contributed by atoms with E-state index in [2.05, 4.69) is 12.0 Å². The maximum Gasteiger partial charge on any atom is 0.195 e. The molecule has 2 aromatic rings. The fourth-order valence-electron chi connectivity index (χ4n) is 1.73. The zero-order valence-electron chi connectivity index (χ0n) is 10.8. The quantitative estimate of drug-likeness (QED) is 0.625. The van der Waals surface area contributed by atoms with Crippen LogP contribution in [0.3, 0.4) is 0 Å². The van der Waals surface area contributed by atoms with Crippen LogP contribution in [0.2, 0.25) is 0 Å². The number of aryl methyl sites for hydroxylation is 3. The summed E-state index contributed by atoms with van der Waals surface area (Å²) in [6, 6.07) is 3.91. The SMILES string of the molecule is CCc1ccc(C(=O)/C=C/c2cn(C)nc2C)s1. The highest BCUT2D eigenvalue weighted by Crippen LogP contribution is 2.18. The van der Waals surface area contributed by atoms with Gasteiger partial charge in [0.2, 0.25) is 0 Å². The molecule has 0 saturated carbocycles. The van der Waals surface area contributed by atoms with Crippen molar-refractivity contribution in [2.45, 2.75) is 20.3 Å². The highest BCUT2D eigenvalue weighted by molar-refractivity contribution is 7.14.